The minimum absolute atomic E-state index is 0.851. The quantitative estimate of drug-likeness (QED) is 0.693. The van der Waals surface area contributed by atoms with Gasteiger partial charge < -0.3 is 4.57 Å². The van der Waals surface area contributed by atoms with Crippen LogP contribution < -0.4 is 0 Å². The summed E-state index contributed by atoms with van der Waals surface area (Å²) in [6.45, 7) is 2.88. The maximum Gasteiger partial charge on any atom is 0.113 e. The van der Waals surface area contributed by atoms with Crippen molar-refractivity contribution in [3.8, 4) is 0 Å². The Labute approximate surface area is 112 Å². The van der Waals surface area contributed by atoms with Crippen LogP contribution in [0, 0.1) is 6.92 Å². The number of benzene rings is 1. The van der Waals surface area contributed by atoms with E-state index in [4.69, 9.17) is 0 Å². The summed E-state index contributed by atoms with van der Waals surface area (Å²) >= 11 is 5.21. The molecule has 0 spiro atoms. The molecule has 0 saturated heterocycles. The summed E-state index contributed by atoms with van der Waals surface area (Å²) in [6.07, 6.45) is 2.12. The van der Waals surface area contributed by atoms with E-state index in [0.29, 0.717) is 0 Å². The minimum atomic E-state index is 0.851. The zero-order chi connectivity index (χ0) is 11.8. The van der Waals surface area contributed by atoms with E-state index < -0.39 is 0 Å². The maximum atomic E-state index is 4.50. The molecule has 86 valence electrons. The van der Waals surface area contributed by atoms with E-state index in [9.17, 15) is 0 Å². The standard InChI is InChI=1S/C13H11BrN2S/c1-9-8-17-13(15-9)7-16-5-4-10-6-11(14)2-3-12(10)16/h2-6,8H,7H2,1H3. The number of halogens is 1. The number of aromatic nitrogens is 2. The molecule has 2 nitrogen and oxygen atoms in total. The van der Waals surface area contributed by atoms with E-state index >= 15 is 0 Å². The van der Waals surface area contributed by atoms with Crippen molar-refractivity contribution in [3.05, 3.63) is 51.0 Å². The van der Waals surface area contributed by atoms with E-state index in [1.165, 1.54) is 10.9 Å². The molecule has 0 N–H and O–H groups in total. The summed E-state index contributed by atoms with van der Waals surface area (Å²) < 4.78 is 3.35. The van der Waals surface area contributed by atoms with Crippen molar-refractivity contribution in [1.29, 1.82) is 0 Å². The van der Waals surface area contributed by atoms with Crippen LogP contribution in [-0.2, 0) is 6.54 Å². The Bertz CT molecular complexity index is 669. The van der Waals surface area contributed by atoms with E-state index in [2.05, 4.69) is 61.3 Å². The highest BCUT2D eigenvalue weighted by Gasteiger charge is 2.04. The van der Waals surface area contributed by atoms with Crippen LogP contribution in [0.15, 0.2) is 40.3 Å². The van der Waals surface area contributed by atoms with Gasteiger partial charge in [0.2, 0.25) is 0 Å². The third kappa shape index (κ3) is 2.15. The summed E-state index contributed by atoms with van der Waals surface area (Å²) in [5, 5.41) is 4.51. The van der Waals surface area contributed by atoms with Crippen LogP contribution in [0.2, 0.25) is 0 Å². The van der Waals surface area contributed by atoms with Crippen molar-refractivity contribution in [3.63, 3.8) is 0 Å². The van der Waals surface area contributed by atoms with Crippen LogP contribution in [0.4, 0.5) is 0 Å². The molecule has 0 bridgehead atoms. The van der Waals surface area contributed by atoms with Crippen molar-refractivity contribution in [2.45, 2.75) is 13.5 Å². The first kappa shape index (κ1) is 11.0. The third-order valence-electron chi connectivity index (χ3n) is 2.71. The minimum Gasteiger partial charge on any atom is -0.341 e. The SMILES string of the molecule is Cc1csc(Cn2ccc3cc(Br)ccc32)n1. The molecule has 2 aromatic heterocycles. The van der Waals surface area contributed by atoms with Gasteiger partial charge in [-0.25, -0.2) is 4.98 Å². The molecule has 0 radical (unpaired) electrons. The normalized spacial score (nSPS) is 11.2. The molecular formula is C13H11BrN2S. The summed E-state index contributed by atoms with van der Waals surface area (Å²) in [5.74, 6) is 0. The summed E-state index contributed by atoms with van der Waals surface area (Å²) in [7, 11) is 0. The second kappa shape index (κ2) is 4.27. The van der Waals surface area contributed by atoms with Gasteiger partial charge in [-0.1, -0.05) is 15.9 Å². The number of hydrogen-bond donors (Lipinski definition) is 0. The van der Waals surface area contributed by atoms with Gasteiger partial charge in [0.1, 0.15) is 5.01 Å². The first-order chi connectivity index (χ1) is 8.22. The summed E-state index contributed by atoms with van der Waals surface area (Å²) in [5.41, 5.74) is 2.35. The summed E-state index contributed by atoms with van der Waals surface area (Å²) in [4.78, 5) is 4.50. The molecule has 0 unspecified atom stereocenters. The van der Waals surface area contributed by atoms with E-state index in [-0.39, 0.29) is 0 Å². The van der Waals surface area contributed by atoms with Crippen molar-refractivity contribution >= 4 is 38.2 Å². The largest absolute Gasteiger partial charge is 0.341 e. The fourth-order valence-corrected chi connectivity index (χ4v) is 3.08. The van der Waals surface area contributed by atoms with Crippen molar-refractivity contribution in [1.82, 2.24) is 9.55 Å². The lowest BCUT2D eigenvalue weighted by Gasteiger charge is -2.02. The number of nitrogens with zero attached hydrogens (tertiary/aromatic N) is 2. The van der Waals surface area contributed by atoms with Gasteiger partial charge in [-0.3, -0.25) is 0 Å². The molecule has 17 heavy (non-hydrogen) atoms. The smallest absolute Gasteiger partial charge is 0.113 e. The lowest BCUT2D eigenvalue weighted by atomic mass is 10.2. The Morgan fingerprint density at radius 1 is 1.35 bits per heavy atom. The Balaban J connectivity index is 2.00. The van der Waals surface area contributed by atoms with E-state index in [1.807, 2.05) is 6.92 Å². The fraction of sp³-hybridized carbons (Fsp3) is 0.154. The van der Waals surface area contributed by atoms with Crippen LogP contribution in [0.3, 0.4) is 0 Å². The number of rotatable bonds is 2. The lowest BCUT2D eigenvalue weighted by molar-refractivity contribution is 0.824. The number of thiazole rings is 1. The van der Waals surface area contributed by atoms with Gasteiger partial charge in [-0.05, 0) is 31.2 Å². The monoisotopic (exact) mass is 306 g/mol. The Morgan fingerprint density at radius 2 is 2.24 bits per heavy atom. The predicted molar refractivity (Wildman–Crippen MR) is 75.6 cm³/mol. The average molecular weight is 307 g/mol. The van der Waals surface area contributed by atoms with Crippen LogP contribution in [0.25, 0.3) is 10.9 Å². The van der Waals surface area contributed by atoms with Gasteiger partial charge in [0.15, 0.2) is 0 Å². The highest BCUT2D eigenvalue weighted by Crippen LogP contribution is 2.22. The molecule has 0 aliphatic carbocycles. The van der Waals surface area contributed by atoms with Crippen LogP contribution in [0.1, 0.15) is 10.7 Å². The molecule has 3 rings (SSSR count). The molecular weight excluding hydrogens is 296 g/mol. The molecule has 3 aromatic rings. The molecule has 1 aromatic carbocycles. The predicted octanol–water partition coefficient (Wildman–Crippen LogP) is 4.22. The van der Waals surface area contributed by atoms with Crippen LogP contribution >= 0.6 is 27.3 Å². The number of hydrogen-bond acceptors (Lipinski definition) is 2. The molecule has 0 atom stereocenters. The second-order valence-corrected chi connectivity index (χ2v) is 5.89. The van der Waals surface area contributed by atoms with Gasteiger partial charge in [0.05, 0.1) is 6.54 Å². The zero-order valence-corrected chi connectivity index (χ0v) is 11.8. The van der Waals surface area contributed by atoms with E-state index in [1.54, 1.807) is 11.3 Å². The first-order valence-electron chi connectivity index (χ1n) is 5.38. The van der Waals surface area contributed by atoms with Crippen molar-refractivity contribution in [2.75, 3.05) is 0 Å². The molecule has 0 aliphatic heterocycles. The number of aryl methyl sites for hydroxylation is 1. The molecule has 0 fully saturated rings. The van der Waals surface area contributed by atoms with Crippen molar-refractivity contribution < 1.29 is 0 Å². The summed E-state index contributed by atoms with van der Waals surface area (Å²) in [6, 6.07) is 8.49. The fourth-order valence-electron chi connectivity index (χ4n) is 1.93. The number of fused-ring (bicyclic) bond motifs is 1. The van der Waals surface area contributed by atoms with Gasteiger partial charge >= 0.3 is 0 Å². The molecule has 0 aliphatic rings. The van der Waals surface area contributed by atoms with Gasteiger partial charge in [0.25, 0.3) is 0 Å². The Kier molecular flexibility index (Phi) is 2.76. The second-order valence-electron chi connectivity index (χ2n) is 4.03. The molecule has 0 amide bonds. The Hall–Kier alpha value is -1.13. The van der Waals surface area contributed by atoms with Gasteiger partial charge in [-0.15, -0.1) is 11.3 Å². The first-order valence-corrected chi connectivity index (χ1v) is 7.05. The van der Waals surface area contributed by atoms with Gasteiger partial charge in [-0.2, -0.15) is 0 Å². The molecule has 4 heteroatoms. The van der Waals surface area contributed by atoms with Crippen LogP contribution in [-0.4, -0.2) is 9.55 Å². The molecule has 0 saturated carbocycles. The zero-order valence-electron chi connectivity index (χ0n) is 9.35. The Morgan fingerprint density at radius 3 is 3.00 bits per heavy atom. The van der Waals surface area contributed by atoms with Crippen molar-refractivity contribution in [2.24, 2.45) is 0 Å². The lowest BCUT2D eigenvalue weighted by Crippen LogP contribution is -1.97. The van der Waals surface area contributed by atoms with E-state index in [0.717, 1.165) is 21.7 Å². The van der Waals surface area contributed by atoms with Crippen LogP contribution in [0.5, 0.6) is 0 Å². The van der Waals surface area contributed by atoms with Gasteiger partial charge in [0, 0.05) is 32.6 Å². The highest BCUT2D eigenvalue weighted by atomic mass is 79.9. The topological polar surface area (TPSA) is 17.8 Å². The molecule has 2 heterocycles. The maximum absolute atomic E-state index is 4.50. The average Bonchev–Trinajstić information content (AvgIpc) is 2.86. The third-order valence-corrected chi connectivity index (χ3v) is 4.15. The highest BCUT2D eigenvalue weighted by molar-refractivity contribution is 9.10.